The molecule has 0 amide bonds. The van der Waals surface area contributed by atoms with Crippen molar-refractivity contribution in [2.75, 3.05) is 0 Å². The Bertz CT molecular complexity index is 380. The third-order valence-electron chi connectivity index (χ3n) is 3.99. The van der Waals surface area contributed by atoms with Crippen LogP contribution in [0.2, 0.25) is 0 Å². The first-order valence-electron chi connectivity index (χ1n) is 5.89. The summed E-state index contributed by atoms with van der Waals surface area (Å²) in [6, 6.07) is 0. The molecule has 1 heterocycles. The van der Waals surface area contributed by atoms with Gasteiger partial charge in [-0.3, -0.25) is 4.99 Å². The van der Waals surface area contributed by atoms with E-state index < -0.39 is 0 Å². The van der Waals surface area contributed by atoms with Crippen molar-refractivity contribution in [3.8, 4) is 0 Å². The van der Waals surface area contributed by atoms with Crippen molar-refractivity contribution in [1.29, 1.82) is 0 Å². The van der Waals surface area contributed by atoms with E-state index in [1.807, 2.05) is 12.3 Å². The van der Waals surface area contributed by atoms with Gasteiger partial charge >= 0.3 is 0 Å². The van der Waals surface area contributed by atoms with Crippen LogP contribution in [0.25, 0.3) is 0 Å². The monoisotopic (exact) mass is 199 g/mol. The van der Waals surface area contributed by atoms with Gasteiger partial charge in [-0.25, -0.2) is 0 Å². The molecule has 15 heavy (non-hydrogen) atoms. The van der Waals surface area contributed by atoms with E-state index in [0.717, 1.165) is 5.92 Å². The van der Waals surface area contributed by atoms with Crippen LogP contribution in [0.3, 0.4) is 0 Å². The molecule has 2 unspecified atom stereocenters. The van der Waals surface area contributed by atoms with Gasteiger partial charge < -0.3 is 0 Å². The van der Waals surface area contributed by atoms with Gasteiger partial charge in [0.2, 0.25) is 0 Å². The fraction of sp³-hybridized carbons (Fsp3) is 0.500. The van der Waals surface area contributed by atoms with Crippen LogP contribution in [0, 0.1) is 5.92 Å². The lowest BCUT2D eigenvalue weighted by Crippen LogP contribution is -2.23. The van der Waals surface area contributed by atoms with Crippen LogP contribution < -0.4 is 0 Å². The number of hydrogen-bond donors (Lipinski definition) is 0. The number of aliphatic imine (C=N–C) groups is 1. The highest BCUT2D eigenvalue weighted by molar-refractivity contribution is 5.73. The van der Waals surface area contributed by atoms with Gasteiger partial charge in [0.1, 0.15) is 0 Å². The lowest BCUT2D eigenvalue weighted by atomic mass is 9.84. The molecule has 0 N–H and O–H groups in total. The Kier molecular flexibility index (Phi) is 1.95. The highest BCUT2D eigenvalue weighted by atomic mass is 14.8. The number of allylic oxidation sites excluding steroid dienone is 4. The molecule has 1 heteroatoms. The molecule has 2 atom stereocenters. The minimum atomic E-state index is -0.0476. The van der Waals surface area contributed by atoms with Crippen molar-refractivity contribution in [3.05, 3.63) is 35.5 Å². The van der Waals surface area contributed by atoms with Gasteiger partial charge in [0.25, 0.3) is 0 Å². The third kappa shape index (κ3) is 1.41. The second kappa shape index (κ2) is 3.19. The minimum Gasteiger partial charge on any atom is -0.278 e. The van der Waals surface area contributed by atoms with Crippen LogP contribution in [0.15, 0.2) is 40.4 Å². The smallest absolute Gasteiger partial charge is 0.0974 e. The summed E-state index contributed by atoms with van der Waals surface area (Å²) in [7, 11) is 0. The van der Waals surface area contributed by atoms with Gasteiger partial charge in [-0.1, -0.05) is 23.8 Å². The molecule has 1 fully saturated rings. The Morgan fingerprint density at radius 2 is 2.20 bits per heavy atom. The zero-order valence-electron chi connectivity index (χ0n) is 9.24. The van der Waals surface area contributed by atoms with Crippen LogP contribution in [-0.2, 0) is 0 Å². The maximum Gasteiger partial charge on any atom is 0.0974 e. The molecule has 0 aromatic heterocycles. The number of hydrogen-bond acceptors (Lipinski definition) is 1. The van der Waals surface area contributed by atoms with Crippen molar-refractivity contribution in [1.82, 2.24) is 0 Å². The average Bonchev–Trinajstić information content (AvgIpc) is 2.79. The number of fused-ring (bicyclic) bond motifs is 2. The Balaban J connectivity index is 2.00. The van der Waals surface area contributed by atoms with E-state index in [2.05, 4.69) is 25.2 Å². The molecule has 0 aromatic rings. The van der Waals surface area contributed by atoms with E-state index in [-0.39, 0.29) is 5.54 Å². The fourth-order valence-corrected chi connectivity index (χ4v) is 3.15. The lowest BCUT2D eigenvalue weighted by Gasteiger charge is -2.26. The first-order valence-corrected chi connectivity index (χ1v) is 5.89. The molecular weight excluding hydrogens is 182 g/mol. The van der Waals surface area contributed by atoms with Crippen LogP contribution in [-0.4, -0.2) is 11.8 Å². The quantitative estimate of drug-likeness (QED) is 0.574. The first kappa shape index (κ1) is 9.14. The Morgan fingerprint density at radius 3 is 2.93 bits per heavy atom. The number of rotatable bonds is 1. The summed E-state index contributed by atoms with van der Waals surface area (Å²) in [5.74, 6) is 0.937. The molecule has 3 aliphatic rings. The molecule has 1 nitrogen and oxygen atoms in total. The van der Waals surface area contributed by atoms with Crippen molar-refractivity contribution < 1.29 is 0 Å². The predicted molar refractivity (Wildman–Crippen MR) is 64.2 cm³/mol. The van der Waals surface area contributed by atoms with Gasteiger partial charge in [-0.2, -0.15) is 0 Å². The second-order valence-electron chi connectivity index (χ2n) is 5.06. The molecule has 1 aliphatic heterocycles. The summed E-state index contributed by atoms with van der Waals surface area (Å²) >= 11 is 0. The highest BCUT2D eigenvalue weighted by Crippen LogP contribution is 2.49. The molecule has 78 valence electrons. The summed E-state index contributed by atoms with van der Waals surface area (Å²) in [5.41, 5.74) is 3.26. The fourth-order valence-electron chi connectivity index (χ4n) is 3.15. The molecule has 3 rings (SSSR count). The summed E-state index contributed by atoms with van der Waals surface area (Å²) in [6.07, 6.45) is 15.8. The molecule has 0 saturated heterocycles. The first-order chi connectivity index (χ1) is 7.28. The minimum absolute atomic E-state index is 0.0476. The van der Waals surface area contributed by atoms with Gasteiger partial charge in [0, 0.05) is 6.21 Å². The zero-order valence-corrected chi connectivity index (χ0v) is 9.24. The van der Waals surface area contributed by atoms with Crippen LogP contribution in [0.1, 0.15) is 32.6 Å². The van der Waals surface area contributed by atoms with E-state index in [4.69, 9.17) is 4.99 Å². The van der Waals surface area contributed by atoms with Crippen molar-refractivity contribution in [2.24, 2.45) is 10.9 Å². The molecule has 0 radical (unpaired) electrons. The third-order valence-corrected chi connectivity index (χ3v) is 3.99. The van der Waals surface area contributed by atoms with E-state index >= 15 is 0 Å². The molecule has 0 spiro atoms. The summed E-state index contributed by atoms with van der Waals surface area (Å²) < 4.78 is 0. The molecule has 2 bridgehead atoms. The van der Waals surface area contributed by atoms with Crippen LogP contribution >= 0.6 is 0 Å². The predicted octanol–water partition coefficient (Wildman–Crippen LogP) is 3.44. The summed E-state index contributed by atoms with van der Waals surface area (Å²) in [5, 5.41) is 0. The van der Waals surface area contributed by atoms with Crippen molar-refractivity contribution in [3.63, 3.8) is 0 Å². The molecule has 1 saturated carbocycles. The summed E-state index contributed by atoms with van der Waals surface area (Å²) in [6.45, 7) is 2.25. The maximum absolute atomic E-state index is 4.70. The summed E-state index contributed by atoms with van der Waals surface area (Å²) in [4.78, 5) is 4.70. The van der Waals surface area contributed by atoms with Gasteiger partial charge in [0.15, 0.2) is 0 Å². The largest absolute Gasteiger partial charge is 0.278 e. The maximum atomic E-state index is 4.70. The SMILES string of the molecule is CC1(C2=C3CCC(C3)C2)C=CC=CC=N1. The molecule has 0 aromatic carbocycles. The van der Waals surface area contributed by atoms with Gasteiger partial charge in [0.05, 0.1) is 5.54 Å². The van der Waals surface area contributed by atoms with Crippen molar-refractivity contribution in [2.45, 2.75) is 38.1 Å². The Hall–Kier alpha value is -1.11. The standard InChI is InChI=1S/C14H17N/c1-14(7-3-2-4-8-15-14)13-10-11-5-6-12(13)9-11/h2-4,7-8,11H,5-6,9-10H2,1H3. The van der Waals surface area contributed by atoms with Crippen LogP contribution in [0.4, 0.5) is 0 Å². The second-order valence-corrected chi connectivity index (χ2v) is 5.06. The van der Waals surface area contributed by atoms with Crippen molar-refractivity contribution >= 4 is 6.21 Å². The highest BCUT2D eigenvalue weighted by Gasteiger charge is 2.38. The zero-order chi connectivity index (χ0) is 10.3. The van der Waals surface area contributed by atoms with E-state index in [1.165, 1.54) is 25.7 Å². The average molecular weight is 199 g/mol. The van der Waals surface area contributed by atoms with E-state index in [9.17, 15) is 0 Å². The molecular formula is C14H17N. The van der Waals surface area contributed by atoms with E-state index in [1.54, 1.807) is 11.1 Å². The topological polar surface area (TPSA) is 12.4 Å². The van der Waals surface area contributed by atoms with Gasteiger partial charge in [-0.05, 0) is 50.2 Å². The normalized spacial score (nSPS) is 37.8. The van der Waals surface area contributed by atoms with Gasteiger partial charge in [-0.15, -0.1) is 0 Å². The number of nitrogens with zero attached hydrogens (tertiary/aromatic N) is 1. The van der Waals surface area contributed by atoms with Crippen LogP contribution in [0.5, 0.6) is 0 Å². The Labute approximate surface area is 91.3 Å². The molecule has 2 aliphatic carbocycles. The lowest BCUT2D eigenvalue weighted by molar-refractivity contribution is 0.524. The Morgan fingerprint density at radius 1 is 1.27 bits per heavy atom. The van der Waals surface area contributed by atoms with E-state index in [0.29, 0.717) is 0 Å².